The van der Waals surface area contributed by atoms with Crippen molar-refractivity contribution < 1.29 is 9.18 Å². The Hall–Kier alpha value is -2.56. The van der Waals surface area contributed by atoms with Crippen molar-refractivity contribution >= 4 is 23.1 Å². The van der Waals surface area contributed by atoms with E-state index in [4.69, 9.17) is 5.73 Å². The van der Waals surface area contributed by atoms with Gasteiger partial charge in [0.1, 0.15) is 5.82 Å². The lowest BCUT2D eigenvalue weighted by molar-refractivity contribution is 0.262. The summed E-state index contributed by atoms with van der Waals surface area (Å²) in [5.74, 6) is -0.356. The predicted octanol–water partition coefficient (Wildman–Crippen LogP) is 3.36. The second kappa shape index (κ2) is 5.39. The lowest BCUT2D eigenvalue weighted by atomic mass is 10.2. The highest BCUT2D eigenvalue weighted by molar-refractivity contribution is 6.00. The fourth-order valence-electron chi connectivity index (χ4n) is 1.59. The summed E-state index contributed by atoms with van der Waals surface area (Å²) in [7, 11) is 0. The van der Waals surface area contributed by atoms with Gasteiger partial charge in [-0.2, -0.15) is 0 Å². The first kappa shape index (κ1) is 12.9. The second-order valence-corrected chi connectivity index (χ2v) is 4.11. The number of hydrogen-bond acceptors (Lipinski definition) is 2. The van der Waals surface area contributed by atoms with Gasteiger partial charge in [-0.25, -0.2) is 9.18 Å². The molecule has 0 spiro atoms. The summed E-state index contributed by atoms with van der Waals surface area (Å²) in [6.07, 6.45) is 0. The van der Waals surface area contributed by atoms with Crippen molar-refractivity contribution in [1.82, 2.24) is 0 Å². The molecule has 2 aromatic rings. The van der Waals surface area contributed by atoms with Gasteiger partial charge >= 0.3 is 6.03 Å². The van der Waals surface area contributed by atoms with Crippen molar-refractivity contribution in [2.45, 2.75) is 6.92 Å². The summed E-state index contributed by atoms with van der Waals surface area (Å²) in [6, 6.07) is 10.8. The van der Waals surface area contributed by atoms with Crippen LogP contribution in [-0.2, 0) is 0 Å². The molecule has 0 aromatic heterocycles. The molecule has 0 fully saturated rings. The van der Waals surface area contributed by atoms with Crippen LogP contribution in [0.2, 0.25) is 0 Å². The van der Waals surface area contributed by atoms with E-state index in [1.165, 1.54) is 6.07 Å². The van der Waals surface area contributed by atoms with Crippen LogP contribution in [0, 0.1) is 12.7 Å². The van der Waals surface area contributed by atoms with E-state index in [2.05, 4.69) is 10.6 Å². The van der Waals surface area contributed by atoms with Crippen LogP contribution in [-0.4, -0.2) is 6.03 Å². The van der Waals surface area contributed by atoms with Crippen molar-refractivity contribution in [1.29, 1.82) is 0 Å². The highest BCUT2D eigenvalue weighted by Gasteiger charge is 2.07. The van der Waals surface area contributed by atoms with E-state index < -0.39 is 6.03 Å². The first-order chi connectivity index (χ1) is 9.06. The Balaban J connectivity index is 2.05. The minimum absolute atomic E-state index is 0.356. The number of anilines is 3. The van der Waals surface area contributed by atoms with Gasteiger partial charge in [0.2, 0.25) is 0 Å². The van der Waals surface area contributed by atoms with Crippen LogP contribution >= 0.6 is 0 Å². The molecule has 0 atom stereocenters. The van der Waals surface area contributed by atoms with E-state index in [0.717, 1.165) is 0 Å². The third-order valence-corrected chi connectivity index (χ3v) is 2.68. The van der Waals surface area contributed by atoms with Crippen LogP contribution in [0.4, 0.5) is 26.2 Å². The zero-order valence-electron chi connectivity index (χ0n) is 10.4. The third-order valence-electron chi connectivity index (χ3n) is 2.68. The summed E-state index contributed by atoms with van der Waals surface area (Å²) in [5.41, 5.74) is 7.61. The molecule has 2 rings (SSSR count). The normalized spacial score (nSPS) is 10.0. The van der Waals surface area contributed by atoms with Crippen LogP contribution in [0.5, 0.6) is 0 Å². The molecule has 2 aromatic carbocycles. The molecule has 0 saturated carbocycles. The Labute approximate surface area is 110 Å². The predicted molar refractivity (Wildman–Crippen MR) is 74.6 cm³/mol. The molecule has 0 aliphatic heterocycles. The molecule has 2 amide bonds. The highest BCUT2D eigenvalue weighted by Crippen LogP contribution is 2.18. The Morgan fingerprint density at radius 1 is 1.11 bits per heavy atom. The summed E-state index contributed by atoms with van der Waals surface area (Å²) in [4.78, 5) is 11.8. The number of nitrogens with two attached hydrogens (primary N) is 1. The quantitative estimate of drug-likeness (QED) is 0.724. The molecule has 4 N–H and O–H groups in total. The average Bonchev–Trinajstić information content (AvgIpc) is 2.38. The van der Waals surface area contributed by atoms with Crippen molar-refractivity contribution in [2.24, 2.45) is 0 Å². The number of carbonyl (C=O) groups excluding carboxylic acids is 1. The number of carbonyl (C=O) groups is 1. The van der Waals surface area contributed by atoms with Crippen LogP contribution in [0.25, 0.3) is 0 Å². The lowest BCUT2D eigenvalue weighted by Crippen LogP contribution is -2.20. The van der Waals surface area contributed by atoms with E-state index in [-0.39, 0.29) is 5.82 Å². The number of halogens is 1. The minimum Gasteiger partial charge on any atom is -0.399 e. The van der Waals surface area contributed by atoms with Crippen molar-refractivity contribution in [3.05, 3.63) is 53.8 Å². The topological polar surface area (TPSA) is 67.2 Å². The summed E-state index contributed by atoms with van der Waals surface area (Å²) < 4.78 is 13.3. The fraction of sp³-hybridized carbons (Fsp3) is 0.0714. The Morgan fingerprint density at radius 3 is 2.47 bits per heavy atom. The average molecular weight is 259 g/mol. The molecule has 0 heterocycles. The molecule has 0 aliphatic carbocycles. The maximum absolute atomic E-state index is 13.3. The Morgan fingerprint density at radius 2 is 1.79 bits per heavy atom. The Bertz CT molecular complexity index is 596. The van der Waals surface area contributed by atoms with E-state index >= 15 is 0 Å². The second-order valence-electron chi connectivity index (χ2n) is 4.11. The van der Waals surface area contributed by atoms with Gasteiger partial charge in [0.05, 0.1) is 0 Å². The zero-order chi connectivity index (χ0) is 13.8. The smallest absolute Gasteiger partial charge is 0.323 e. The number of rotatable bonds is 2. The number of nitrogens with one attached hydrogen (secondary N) is 2. The largest absolute Gasteiger partial charge is 0.399 e. The number of nitrogen functional groups attached to an aromatic ring is 1. The van der Waals surface area contributed by atoms with E-state index in [1.807, 2.05) is 0 Å². The van der Waals surface area contributed by atoms with Gasteiger partial charge in [-0.1, -0.05) is 6.07 Å². The van der Waals surface area contributed by atoms with Crippen LogP contribution < -0.4 is 16.4 Å². The first-order valence-electron chi connectivity index (χ1n) is 5.75. The van der Waals surface area contributed by atoms with Crippen LogP contribution in [0.1, 0.15) is 5.56 Å². The van der Waals surface area contributed by atoms with E-state index in [0.29, 0.717) is 22.6 Å². The van der Waals surface area contributed by atoms with Gasteiger partial charge in [0.15, 0.2) is 0 Å². The molecule has 0 aliphatic rings. The van der Waals surface area contributed by atoms with Crippen molar-refractivity contribution in [3.63, 3.8) is 0 Å². The van der Waals surface area contributed by atoms with E-state index in [9.17, 15) is 9.18 Å². The van der Waals surface area contributed by atoms with E-state index in [1.54, 1.807) is 43.3 Å². The molecule has 19 heavy (non-hydrogen) atoms. The maximum Gasteiger partial charge on any atom is 0.323 e. The standard InChI is InChI=1S/C14H14FN3O/c1-9-12(15)3-2-4-13(9)18-14(19)17-11-7-5-10(16)6-8-11/h2-8H,16H2,1H3,(H2,17,18,19). The summed E-state index contributed by atoms with van der Waals surface area (Å²) >= 11 is 0. The number of hydrogen-bond donors (Lipinski definition) is 3. The molecular formula is C14H14FN3O. The van der Waals surface area contributed by atoms with Gasteiger partial charge in [-0.3, -0.25) is 0 Å². The molecule has 0 saturated heterocycles. The zero-order valence-corrected chi connectivity index (χ0v) is 10.4. The Kier molecular flexibility index (Phi) is 3.66. The van der Waals surface area contributed by atoms with Gasteiger partial charge in [-0.15, -0.1) is 0 Å². The highest BCUT2D eigenvalue weighted by atomic mass is 19.1. The summed E-state index contributed by atoms with van der Waals surface area (Å²) in [6.45, 7) is 1.61. The number of amides is 2. The third kappa shape index (κ3) is 3.22. The lowest BCUT2D eigenvalue weighted by Gasteiger charge is -2.10. The summed E-state index contributed by atoms with van der Waals surface area (Å²) in [5, 5.41) is 5.23. The molecule has 0 radical (unpaired) electrons. The molecule has 0 bridgehead atoms. The first-order valence-corrected chi connectivity index (χ1v) is 5.75. The maximum atomic E-state index is 13.3. The van der Waals surface area contributed by atoms with Gasteiger partial charge < -0.3 is 16.4 Å². The van der Waals surface area contributed by atoms with Crippen LogP contribution in [0.3, 0.4) is 0 Å². The van der Waals surface area contributed by atoms with Gasteiger partial charge in [-0.05, 0) is 43.3 Å². The monoisotopic (exact) mass is 259 g/mol. The number of benzene rings is 2. The van der Waals surface area contributed by atoms with Gasteiger partial charge in [0.25, 0.3) is 0 Å². The molecule has 5 heteroatoms. The molecule has 98 valence electrons. The van der Waals surface area contributed by atoms with Crippen molar-refractivity contribution in [3.8, 4) is 0 Å². The SMILES string of the molecule is Cc1c(F)cccc1NC(=O)Nc1ccc(N)cc1. The molecule has 0 unspecified atom stereocenters. The molecule has 4 nitrogen and oxygen atoms in total. The fourth-order valence-corrected chi connectivity index (χ4v) is 1.59. The minimum atomic E-state index is -0.432. The van der Waals surface area contributed by atoms with Crippen LogP contribution in [0.15, 0.2) is 42.5 Å². The van der Waals surface area contributed by atoms with Crippen molar-refractivity contribution in [2.75, 3.05) is 16.4 Å². The van der Waals surface area contributed by atoms with Gasteiger partial charge in [0, 0.05) is 22.6 Å². The number of urea groups is 1. The molecular weight excluding hydrogens is 245 g/mol.